The van der Waals surface area contributed by atoms with E-state index in [-0.39, 0.29) is 11.1 Å². The van der Waals surface area contributed by atoms with Crippen molar-refractivity contribution in [1.29, 1.82) is 0 Å². The van der Waals surface area contributed by atoms with Crippen LogP contribution in [0.15, 0.2) is 17.1 Å². The first-order chi connectivity index (χ1) is 8.36. The van der Waals surface area contributed by atoms with E-state index in [1.54, 1.807) is 0 Å². The molecule has 1 aromatic heterocycles. The molecule has 18 heavy (non-hydrogen) atoms. The highest BCUT2D eigenvalue weighted by atomic mass is 16.1. The van der Waals surface area contributed by atoms with Gasteiger partial charge in [0.15, 0.2) is 29.4 Å². The van der Waals surface area contributed by atoms with Crippen molar-refractivity contribution in [1.82, 2.24) is 9.56 Å². The van der Waals surface area contributed by atoms with Crippen LogP contribution < -0.4 is 20.7 Å². The molecule has 92 valence electrons. The Morgan fingerprint density at radius 2 is 1.89 bits per heavy atom. The van der Waals surface area contributed by atoms with E-state index < -0.39 is 0 Å². The lowest BCUT2D eigenvalue weighted by atomic mass is 10.0. The summed E-state index contributed by atoms with van der Waals surface area (Å²) in [4.78, 5) is 14.7. The molecule has 0 bridgehead atoms. The molecule has 0 atom stereocenters. The predicted octanol–water partition coefficient (Wildman–Crippen LogP) is -0.516. The Morgan fingerprint density at radius 1 is 1.22 bits per heavy atom. The monoisotopic (exact) mass is 243 g/mol. The Bertz CT molecular complexity index is 786. The SMILES string of the molecule is C[N+]1=c2cc(C3=C[N+](C(C)(C)C)=C3)[nH]c(=O)c2=C1. The van der Waals surface area contributed by atoms with Crippen LogP contribution in [0.2, 0.25) is 0 Å². The first-order valence-electron chi connectivity index (χ1n) is 6.07. The number of rotatable bonds is 1. The van der Waals surface area contributed by atoms with Crippen molar-refractivity contribution in [2.75, 3.05) is 7.05 Å². The van der Waals surface area contributed by atoms with Crippen molar-refractivity contribution in [2.24, 2.45) is 0 Å². The fourth-order valence-electron chi connectivity index (χ4n) is 2.14. The summed E-state index contributed by atoms with van der Waals surface area (Å²) in [5, 5.41) is 1.77. The number of aromatic amines is 1. The van der Waals surface area contributed by atoms with E-state index in [0.717, 1.165) is 21.8 Å². The normalized spacial score (nSPS) is 17.0. The Kier molecular flexibility index (Phi) is 2.03. The maximum absolute atomic E-state index is 11.8. The predicted molar refractivity (Wildman–Crippen MR) is 72.0 cm³/mol. The van der Waals surface area contributed by atoms with Crippen LogP contribution in [0.5, 0.6) is 0 Å². The van der Waals surface area contributed by atoms with Gasteiger partial charge in [-0.15, -0.1) is 0 Å². The van der Waals surface area contributed by atoms with E-state index in [1.165, 1.54) is 0 Å². The fraction of sp³-hybridized carbons (Fsp3) is 0.357. The summed E-state index contributed by atoms with van der Waals surface area (Å²) < 4.78 is 4.12. The van der Waals surface area contributed by atoms with Gasteiger partial charge in [-0.25, -0.2) is 0 Å². The number of fused-ring (bicyclic) bond motifs is 1. The Hall–Kier alpha value is -1.97. The lowest BCUT2D eigenvalue weighted by Gasteiger charge is -2.20. The average molecular weight is 243 g/mol. The molecule has 0 fully saturated rings. The van der Waals surface area contributed by atoms with E-state index >= 15 is 0 Å². The minimum Gasteiger partial charge on any atom is -0.320 e. The maximum atomic E-state index is 11.8. The van der Waals surface area contributed by atoms with Gasteiger partial charge in [-0.05, 0) is 0 Å². The van der Waals surface area contributed by atoms with Gasteiger partial charge in [0.1, 0.15) is 12.6 Å². The number of pyridine rings is 1. The molecule has 0 unspecified atom stereocenters. The number of allylic oxidation sites excluding steroid dienone is 1. The first-order valence-corrected chi connectivity index (χ1v) is 6.07. The zero-order valence-corrected chi connectivity index (χ0v) is 11.1. The third-order valence-corrected chi connectivity index (χ3v) is 3.39. The molecule has 0 saturated heterocycles. The highest BCUT2D eigenvalue weighted by Gasteiger charge is 2.31. The molecule has 4 nitrogen and oxygen atoms in total. The van der Waals surface area contributed by atoms with Crippen molar-refractivity contribution >= 4 is 18.0 Å². The lowest BCUT2D eigenvalue weighted by Crippen LogP contribution is -2.54. The summed E-state index contributed by atoms with van der Waals surface area (Å²) >= 11 is 0. The van der Waals surface area contributed by atoms with Gasteiger partial charge in [-0.3, -0.25) is 4.79 Å². The number of nitrogens with one attached hydrogen (secondary N) is 1. The molecule has 0 saturated carbocycles. The highest BCUT2D eigenvalue weighted by Crippen LogP contribution is 2.20. The highest BCUT2D eigenvalue weighted by molar-refractivity contribution is 6.09. The third-order valence-electron chi connectivity index (χ3n) is 3.39. The number of nitrogens with zero attached hydrogens (tertiary/aromatic N) is 2. The van der Waals surface area contributed by atoms with Crippen molar-refractivity contribution in [3.8, 4) is 0 Å². The molecule has 4 heteroatoms. The maximum Gasteiger partial charge on any atom is 0.268 e. The van der Waals surface area contributed by atoms with E-state index in [0.29, 0.717) is 0 Å². The molecule has 3 rings (SSSR count). The smallest absolute Gasteiger partial charge is 0.268 e. The van der Waals surface area contributed by atoms with E-state index in [1.807, 2.05) is 23.9 Å². The van der Waals surface area contributed by atoms with Gasteiger partial charge in [-0.2, -0.15) is 9.15 Å². The number of aromatic nitrogens is 1. The molecule has 0 amide bonds. The molecular weight excluding hydrogens is 226 g/mol. The zero-order chi connectivity index (χ0) is 13.1. The minimum absolute atomic E-state index is 0.0101. The standard InChI is InChI=1S/C14H16N3O/c1-14(2,3)17-6-9(7-17)11-5-12-10(8-16(12)4)13(18)15-11/h5-8H,1-4H3/q+1/p+1. The van der Waals surface area contributed by atoms with Crippen molar-refractivity contribution in [3.63, 3.8) is 0 Å². The lowest BCUT2D eigenvalue weighted by molar-refractivity contribution is -0.536. The molecule has 0 spiro atoms. The third kappa shape index (κ3) is 1.49. The van der Waals surface area contributed by atoms with Gasteiger partial charge in [0.25, 0.3) is 5.56 Å². The Balaban J connectivity index is 2.02. The summed E-state index contributed by atoms with van der Waals surface area (Å²) in [7, 11) is 1.95. The van der Waals surface area contributed by atoms with E-state index in [2.05, 4.69) is 42.7 Å². The molecular formula is C14H17N3O+2. The van der Waals surface area contributed by atoms with Gasteiger partial charge in [0.05, 0.1) is 5.69 Å². The fourth-order valence-corrected chi connectivity index (χ4v) is 2.14. The molecule has 0 radical (unpaired) electrons. The van der Waals surface area contributed by atoms with Gasteiger partial charge in [-0.1, -0.05) is 0 Å². The Labute approximate surface area is 105 Å². The Morgan fingerprint density at radius 3 is 2.44 bits per heavy atom. The van der Waals surface area contributed by atoms with E-state index in [9.17, 15) is 4.79 Å². The molecule has 0 aliphatic carbocycles. The van der Waals surface area contributed by atoms with Crippen LogP contribution in [0, 0.1) is 0 Å². The second-order valence-electron chi connectivity index (χ2n) is 5.84. The molecule has 1 N–H and O–H groups in total. The van der Waals surface area contributed by atoms with Gasteiger partial charge in [0.2, 0.25) is 5.36 Å². The number of hydrogen-bond donors (Lipinski definition) is 1. The average Bonchev–Trinajstić information content (AvgIpc) is 2.16. The number of H-pyrrole nitrogens is 1. The van der Waals surface area contributed by atoms with E-state index in [4.69, 9.17) is 0 Å². The second kappa shape index (κ2) is 3.28. The largest absolute Gasteiger partial charge is 0.320 e. The molecule has 2 aliphatic heterocycles. The van der Waals surface area contributed by atoms with Crippen LogP contribution in [-0.2, 0) is 0 Å². The minimum atomic E-state index is -0.0101. The molecule has 3 heterocycles. The van der Waals surface area contributed by atoms with Crippen LogP contribution in [0.25, 0.3) is 11.8 Å². The van der Waals surface area contributed by atoms with Gasteiger partial charge in [0, 0.05) is 26.8 Å². The van der Waals surface area contributed by atoms with Crippen LogP contribution in [0.3, 0.4) is 0 Å². The van der Waals surface area contributed by atoms with Gasteiger partial charge >= 0.3 is 0 Å². The zero-order valence-electron chi connectivity index (χ0n) is 11.1. The molecule has 0 aromatic carbocycles. The summed E-state index contributed by atoms with van der Waals surface area (Å²) in [5.41, 5.74) is 2.04. The van der Waals surface area contributed by atoms with Crippen LogP contribution in [-0.4, -0.2) is 28.4 Å². The number of hydrogen-bond acceptors (Lipinski definition) is 1. The topological polar surface area (TPSA) is 38.9 Å². The summed E-state index contributed by atoms with van der Waals surface area (Å²) in [6.07, 6.45) is 5.98. The van der Waals surface area contributed by atoms with Crippen LogP contribution in [0.4, 0.5) is 0 Å². The summed E-state index contributed by atoms with van der Waals surface area (Å²) in [6, 6.07) is 2.03. The van der Waals surface area contributed by atoms with Crippen molar-refractivity contribution in [2.45, 2.75) is 26.3 Å². The molecule has 2 aliphatic rings. The van der Waals surface area contributed by atoms with Crippen molar-refractivity contribution < 1.29 is 4.58 Å². The van der Waals surface area contributed by atoms with Crippen LogP contribution in [0.1, 0.15) is 26.5 Å². The van der Waals surface area contributed by atoms with Crippen molar-refractivity contribution in [3.05, 3.63) is 38.9 Å². The van der Waals surface area contributed by atoms with Gasteiger partial charge < -0.3 is 4.98 Å². The summed E-state index contributed by atoms with van der Waals surface area (Å²) in [5.74, 6) is 0. The first kappa shape index (κ1) is 11.1. The molecule has 1 aromatic rings. The summed E-state index contributed by atoms with van der Waals surface area (Å²) in [6.45, 7) is 6.46. The quantitative estimate of drug-likeness (QED) is 0.663. The second-order valence-corrected chi connectivity index (χ2v) is 5.84. The van der Waals surface area contributed by atoms with Crippen LogP contribution >= 0.6 is 0 Å².